The molecule has 16 heavy (non-hydrogen) atoms. The third-order valence-electron chi connectivity index (χ3n) is 1.65. The fourth-order valence-corrected chi connectivity index (χ4v) is 1.97. The van der Waals surface area contributed by atoms with Crippen molar-refractivity contribution in [3.05, 3.63) is 23.9 Å². The van der Waals surface area contributed by atoms with Gasteiger partial charge in [-0.3, -0.25) is 0 Å². The number of hydrogen-bond acceptors (Lipinski definition) is 4. The molecule has 2 atom stereocenters. The van der Waals surface area contributed by atoms with Crippen LogP contribution in [0.15, 0.2) is 23.4 Å². The van der Waals surface area contributed by atoms with E-state index in [1.807, 2.05) is 0 Å². The van der Waals surface area contributed by atoms with Crippen molar-refractivity contribution < 1.29 is 18.1 Å². The number of aromatic nitrogens is 1. The van der Waals surface area contributed by atoms with Crippen LogP contribution in [0, 0.1) is 0 Å². The summed E-state index contributed by atoms with van der Waals surface area (Å²) in [5.41, 5.74) is -0.150. The molecule has 0 radical (unpaired) electrons. The number of nitrogens with one attached hydrogen (secondary N) is 1. The van der Waals surface area contributed by atoms with Crippen LogP contribution in [-0.2, 0) is 20.8 Å². The Morgan fingerprint density at radius 1 is 1.69 bits per heavy atom. The summed E-state index contributed by atoms with van der Waals surface area (Å²) in [5, 5.41) is -0.348. The van der Waals surface area contributed by atoms with E-state index in [2.05, 4.69) is 9.71 Å². The van der Waals surface area contributed by atoms with Gasteiger partial charge in [-0.25, -0.2) is 22.3 Å². The van der Waals surface area contributed by atoms with E-state index in [-0.39, 0.29) is 10.6 Å². The minimum atomic E-state index is -3.64. The first-order valence-electron chi connectivity index (χ1n) is 6.16. The predicted molar refractivity (Wildman–Crippen MR) is 63.0 cm³/mol. The molecule has 0 saturated carbocycles. The molecular formula is C9H14N2O3S2. The van der Waals surface area contributed by atoms with Gasteiger partial charge < -0.3 is 0 Å². The Labute approximate surface area is 103 Å². The summed E-state index contributed by atoms with van der Waals surface area (Å²) >= 11 is 0. The highest BCUT2D eigenvalue weighted by Crippen LogP contribution is 2.15. The van der Waals surface area contributed by atoms with Crippen molar-refractivity contribution in [2.24, 2.45) is 0 Å². The van der Waals surface area contributed by atoms with Crippen LogP contribution in [0.1, 0.15) is 23.9 Å². The highest BCUT2D eigenvalue weighted by molar-refractivity contribution is 7.90. The Morgan fingerprint density at radius 3 is 2.88 bits per heavy atom. The molecule has 5 nitrogen and oxygen atoms in total. The van der Waals surface area contributed by atoms with Crippen LogP contribution < -0.4 is 4.72 Å². The van der Waals surface area contributed by atoms with Crippen LogP contribution in [0.5, 0.6) is 0 Å². The maximum absolute atomic E-state index is 11.4. The van der Waals surface area contributed by atoms with Crippen molar-refractivity contribution in [1.29, 1.82) is 0 Å². The van der Waals surface area contributed by atoms with Crippen molar-refractivity contribution in [2.45, 2.75) is 17.9 Å². The Balaban J connectivity index is 3.47. The Bertz CT molecular complexity index is 632. The van der Waals surface area contributed by atoms with Gasteiger partial charge in [0.05, 0.1) is 12.4 Å². The molecule has 90 valence electrons. The lowest BCUT2D eigenvalue weighted by Gasteiger charge is -2.12. The fourth-order valence-electron chi connectivity index (χ4n) is 0.970. The zero-order valence-electron chi connectivity index (χ0n) is 12.7. The summed E-state index contributed by atoms with van der Waals surface area (Å²) in [7, 11) is -5.42. The molecule has 0 fully saturated rings. The molecule has 0 bridgehead atoms. The number of sulfone groups is 1. The van der Waals surface area contributed by atoms with Crippen molar-refractivity contribution in [3.63, 3.8) is 0 Å². The second-order valence-electron chi connectivity index (χ2n) is 3.09. The number of hydrogen-bond donors (Lipinski definition) is 1. The first-order valence-corrected chi connectivity index (χ1v) is 7.61. The lowest BCUT2D eigenvalue weighted by Crippen LogP contribution is -2.20. The molecular weight excluding hydrogens is 248 g/mol. The van der Waals surface area contributed by atoms with Gasteiger partial charge in [0.1, 0.15) is 0 Å². The van der Waals surface area contributed by atoms with Crippen LogP contribution in [0.3, 0.4) is 0 Å². The van der Waals surface area contributed by atoms with Crippen LogP contribution in [0.25, 0.3) is 0 Å². The molecule has 0 amide bonds. The molecule has 1 N–H and O–H groups in total. The van der Waals surface area contributed by atoms with Crippen molar-refractivity contribution >= 4 is 20.8 Å². The van der Waals surface area contributed by atoms with Crippen LogP contribution in [0.2, 0.25) is 0 Å². The maximum Gasteiger partial charge on any atom is 0.192 e. The molecule has 1 aromatic heterocycles. The SMILES string of the molecule is [2H]C([2H])([2H])[C@]([2H])(N[S@@](C)=O)c1ccnc(S(C)(=O)=O)c1. The third-order valence-corrected chi connectivity index (χ3v) is 3.12. The normalized spacial score (nSPS) is 22.1. The molecule has 0 spiro atoms. The summed E-state index contributed by atoms with van der Waals surface area (Å²) in [5.74, 6) is 0. The molecule has 0 unspecified atom stereocenters. The van der Waals surface area contributed by atoms with Gasteiger partial charge in [-0.05, 0) is 24.5 Å². The van der Waals surface area contributed by atoms with E-state index in [4.69, 9.17) is 5.48 Å². The van der Waals surface area contributed by atoms with Gasteiger partial charge in [-0.1, -0.05) is 0 Å². The van der Waals surface area contributed by atoms with Crippen LogP contribution in [-0.4, -0.2) is 30.1 Å². The topological polar surface area (TPSA) is 76.1 Å². The average molecular weight is 266 g/mol. The van der Waals surface area contributed by atoms with Gasteiger partial charge in [0.2, 0.25) is 0 Å². The van der Waals surface area contributed by atoms with E-state index >= 15 is 0 Å². The first-order chi connectivity index (χ1) is 8.88. The van der Waals surface area contributed by atoms with E-state index in [9.17, 15) is 12.6 Å². The third kappa shape index (κ3) is 3.66. The average Bonchev–Trinajstić information content (AvgIpc) is 2.25. The van der Waals surface area contributed by atoms with Crippen molar-refractivity contribution in [3.8, 4) is 0 Å². The lowest BCUT2D eigenvalue weighted by atomic mass is 10.1. The summed E-state index contributed by atoms with van der Waals surface area (Å²) < 4.78 is 66.6. The number of pyridine rings is 1. The van der Waals surface area contributed by atoms with Gasteiger partial charge >= 0.3 is 0 Å². The van der Waals surface area contributed by atoms with Gasteiger partial charge in [-0.2, -0.15) is 0 Å². The van der Waals surface area contributed by atoms with E-state index < -0.39 is 33.7 Å². The Morgan fingerprint density at radius 2 is 2.38 bits per heavy atom. The smallest absolute Gasteiger partial charge is 0.192 e. The summed E-state index contributed by atoms with van der Waals surface area (Å²) in [6.07, 6.45) is 3.21. The fraction of sp³-hybridized carbons (Fsp3) is 0.444. The summed E-state index contributed by atoms with van der Waals surface area (Å²) in [6, 6.07) is -0.197. The zero-order valence-corrected chi connectivity index (χ0v) is 10.4. The van der Waals surface area contributed by atoms with Gasteiger partial charge in [0.15, 0.2) is 14.9 Å². The van der Waals surface area contributed by atoms with Gasteiger partial charge in [0, 0.05) is 28.8 Å². The second-order valence-corrected chi connectivity index (χ2v) is 6.16. The highest BCUT2D eigenvalue weighted by atomic mass is 32.2. The molecule has 7 heteroatoms. The van der Waals surface area contributed by atoms with Gasteiger partial charge in [0.25, 0.3) is 0 Å². The molecule has 0 aliphatic rings. The van der Waals surface area contributed by atoms with E-state index in [1.165, 1.54) is 12.3 Å². The Kier molecular flexibility index (Phi) is 2.61. The Hall–Kier alpha value is -0.790. The zero-order chi connectivity index (χ0) is 15.8. The molecule has 1 rings (SSSR count). The van der Waals surface area contributed by atoms with Gasteiger partial charge in [-0.15, -0.1) is 0 Å². The number of nitrogens with zero attached hydrogens (tertiary/aromatic N) is 1. The molecule has 1 heterocycles. The largest absolute Gasteiger partial charge is 0.245 e. The minimum absolute atomic E-state index is 0.150. The maximum atomic E-state index is 11.4. The quantitative estimate of drug-likeness (QED) is 0.857. The molecule has 0 aliphatic heterocycles. The van der Waals surface area contributed by atoms with Crippen LogP contribution in [0.4, 0.5) is 0 Å². The van der Waals surface area contributed by atoms with E-state index in [0.717, 1.165) is 18.5 Å². The van der Waals surface area contributed by atoms with Crippen LogP contribution >= 0.6 is 0 Å². The lowest BCUT2D eigenvalue weighted by molar-refractivity contribution is 0.597. The molecule has 1 aromatic rings. The predicted octanol–water partition coefficient (Wildman–Crippen LogP) is 0.429. The van der Waals surface area contributed by atoms with Crippen molar-refractivity contribution in [1.82, 2.24) is 9.71 Å². The standard InChI is InChI=1S/C9H14N2O3S2/c1-7(11-15(2)12)8-4-5-10-9(6-8)16(3,13)14/h4-7,11H,1-3H3/t7-,15+/m0/s1/i1D3,7D. The van der Waals surface area contributed by atoms with Crippen molar-refractivity contribution in [2.75, 3.05) is 12.5 Å². The molecule has 0 aliphatic carbocycles. The van der Waals surface area contributed by atoms with E-state index in [0.29, 0.717) is 0 Å². The first kappa shape index (κ1) is 8.32. The summed E-state index contributed by atoms with van der Waals surface area (Å²) in [4.78, 5) is 3.63. The molecule has 0 saturated heterocycles. The highest BCUT2D eigenvalue weighted by Gasteiger charge is 2.12. The summed E-state index contributed by atoms with van der Waals surface area (Å²) in [6.45, 7) is -2.85. The number of rotatable bonds is 4. The molecule has 0 aromatic carbocycles. The minimum Gasteiger partial charge on any atom is -0.245 e. The van der Waals surface area contributed by atoms with E-state index in [1.54, 1.807) is 0 Å². The second kappa shape index (κ2) is 5.03. The monoisotopic (exact) mass is 266 g/mol.